The number of alkyl halides is 7. The van der Waals surface area contributed by atoms with Crippen LogP contribution < -0.4 is 0 Å². The molecule has 0 spiro atoms. The van der Waals surface area contributed by atoms with Crippen molar-refractivity contribution in [3.8, 4) is 0 Å². The van der Waals surface area contributed by atoms with Crippen LogP contribution in [0.1, 0.15) is 12.8 Å². The fourth-order valence-electron chi connectivity index (χ4n) is 0.666. The van der Waals surface area contributed by atoms with Crippen molar-refractivity contribution in [2.45, 2.75) is 37.3 Å². The second-order valence-electron chi connectivity index (χ2n) is 2.71. The molecule has 1 atom stereocenters. The van der Waals surface area contributed by atoms with Gasteiger partial charge in [-0.15, -0.1) is 0 Å². The molecule has 0 N–H and O–H groups in total. The summed E-state index contributed by atoms with van der Waals surface area (Å²) < 4.78 is 84.6. The summed E-state index contributed by atoms with van der Waals surface area (Å²) in [5.41, 5.74) is 0. The average Bonchev–Trinajstić information content (AvgIpc) is 2.03. The van der Waals surface area contributed by atoms with Crippen LogP contribution in [0.2, 0.25) is 0 Å². The molecule has 7 heteroatoms. The van der Waals surface area contributed by atoms with Crippen molar-refractivity contribution in [3.63, 3.8) is 0 Å². The topological polar surface area (TPSA) is 0 Å². The Bertz CT molecular complexity index is 177. The van der Waals surface area contributed by atoms with E-state index in [-0.39, 0.29) is 0 Å². The molecule has 0 aromatic rings. The molecule has 0 aromatic heterocycles. The highest BCUT2D eigenvalue weighted by Crippen LogP contribution is 2.41. The summed E-state index contributed by atoms with van der Waals surface area (Å²) in [4.78, 5) is 0. The van der Waals surface area contributed by atoms with Crippen molar-refractivity contribution in [3.05, 3.63) is 6.92 Å². The molecule has 0 saturated heterocycles. The fourth-order valence-corrected chi connectivity index (χ4v) is 0.666. The van der Waals surface area contributed by atoms with Gasteiger partial charge in [0.05, 0.1) is 6.42 Å². The van der Waals surface area contributed by atoms with E-state index in [2.05, 4.69) is 6.92 Å². The number of hydrogen-bond acceptors (Lipinski definition) is 0. The maximum absolute atomic E-state index is 12.4. The summed E-state index contributed by atoms with van der Waals surface area (Å²) in [6.45, 7) is 2.54. The smallest absolute Gasteiger partial charge is 0.241 e. The lowest BCUT2D eigenvalue weighted by Crippen LogP contribution is -2.42. The zero-order valence-corrected chi connectivity index (χ0v) is 6.92. The third-order valence-electron chi connectivity index (χ3n) is 1.57. The Morgan fingerprint density at radius 3 is 1.64 bits per heavy atom. The third-order valence-corrected chi connectivity index (χ3v) is 1.57. The Balaban J connectivity index is 4.48. The van der Waals surface area contributed by atoms with E-state index in [1.165, 1.54) is 0 Å². The van der Waals surface area contributed by atoms with Gasteiger partial charge >= 0.3 is 11.8 Å². The van der Waals surface area contributed by atoms with Crippen molar-refractivity contribution >= 4 is 0 Å². The zero-order chi connectivity index (χ0) is 11.6. The standard InChI is InChI=1S/C7H8F7/c1-2-6(11,12)7(13,14)3-4(8)5(9)10/h4-5H,1-3H2/t4-/m0/s1. The summed E-state index contributed by atoms with van der Waals surface area (Å²) in [6, 6.07) is 0. The van der Waals surface area contributed by atoms with E-state index in [1.54, 1.807) is 0 Å². The van der Waals surface area contributed by atoms with Gasteiger partial charge in [-0.05, 0) is 6.92 Å². The predicted octanol–water partition coefficient (Wildman–Crippen LogP) is 3.47. The normalized spacial score (nSPS) is 16.1. The highest BCUT2D eigenvalue weighted by Gasteiger charge is 2.56. The van der Waals surface area contributed by atoms with Crippen molar-refractivity contribution in [1.82, 2.24) is 0 Å². The Labute approximate surface area is 76.1 Å². The molecule has 0 aliphatic carbocycles. The van der Waals surface area contributed by atoms with Crippen LogP contribution in [0.15, 0.2) is 0 Å². The summed E-state index contributed by atoms with van der Waals surface area (Å²) in [5.74, 6) is -9.36. The van der Waals surface area contributed by atoms with Gasteiger partial charge in [0.25, 0.3) is 6.43 Å². The molecule has 0 amide bonds. The second kappa shape index (κ2) is 4.35. The van der Waals surface area contributed by atoms with Crippen LogP contribution in [0.4, 0.5) is 30.7 Å². The quantitative estimate of drug-likeness (QED) is 0.628. The van der Waals surface area contributed by atoms with E-state index < -0.39 is 37.3 Å². The first kappa shape index (κ1) is 13.5. The third kappa shape index (κ3) is 3.02. The molecule has 0 aliphatic rings. The number of rotatable bonds is 5. The lowest BCUT2D eigenvalue weighted by atomic mass is 10.0. The largest absolute Gasteiger partial charge is 0.313 e. The molecule has 14 heavy (non-hydrogen) atoms. The molecule has 0 saturated carbocycles. The maximum atomic E-state index is 12.4. The van der Waals surface area contributed by atoms with Crippen LogP contribution in [0.3, 0.4) is 0 Å². The van der Waals surface area contributed by atoms with Crippen LogP contribution in [0.25, 0.3) is 0 Å². The lowest BCUT2D eigenvalue weighted by Gasteiger charge is -2.26. The van der Waals surface area contributed by atoms with Crippen LogP contribution >= 0.6 is 0 Å². The van der Waals surface area contributed by atoms with E-state index in [4.69, 9.17) is 0 Å². The van der Waals surface area contributed by atoms with Crippen LogP contribution in [-0.4, -0.2) is 24.4 Å². The van der Waals surface area contributed by atoms with Gasteiger partial charge in [-0.1, -0.05) is 0 Å². The summed E-state index contributed by atoms with van der Waals surface area (Å²) in [7, 11) is 0. The van der Waals surface area contributed by atoms with E-state index in [0.717, 1.165) is 0 Å². The van der Waals surface area contributed by atoms with Crippen molar-refractivity contribution in [2.24, 2.45) is 0 Å². The molecule has 0 bridgehead atoms. The summed E-state index contributed by atoms with van der Waals surface area (Å²) >= 11 is 0. The molecule has 0 rings (SSSR count). The SMILES string of the molecule is [CH2]CC(F)(F)C(F)(F)C[C@H](F)C(F)F. The van der Waals surface area contributed by atoms with E-state index in [9.17, 15) is 30.7 Å². The van der Waals surface area contributed by atoms with Crippen molar-refractivity contribution < 1.29 is 30.7 Å². The Morgan fingerprint density at radius 2 is 1.36 bits per heavy atom. The predicted molar refractivity (Wildman–Crippen MR) is 35.4 cm³/mol. The van der Waals surface area contributed by atoms with Gasteiger partial charge < -0.3 is 0 Å². The first-order valence-corrected chi connectivity index (χ1v) is 3.61. The van der Waals surface area contributed by atoms with Gasteiger partial charge in [0.15, 0.2) is 6.17 Å². The molecule has 0 nitrogen and oxygen atoms in total. The molecular weight excluding hydrogens is 217 g/mol. The number of hydrogen-bond donors (Lipinski definition) is 0. The molecule has 0 aromatic carbocycles. The highest BCUT2D eigenvalue weighted by molar-refractivity contribution is 4.87. The Hall–Kier alpha value is -0.490. The molecule has 0 aliphatic heterocycles. The van der Waals surface area contributed by atoms with Gasteiger partial charge in [0.1, 0.15) is 0 Å². The minimum atomic E-state index is -4.80. The van der Waals surface area contributed by atoms with Crippen molar-refractivity contribution in [1.29, 1.82) is 0 Å². The average molecular weight is 225 g/mol. The van der Waals surface area contributed by atoms with E-state index in [0.29, 0.717) is 0 Å². The maximum Gasteiger partial charge on any atom is 0.313 e. The van der Waals surface area contributed by atoms with Gasteiger partial charge in [0, 0.05) is 6.42 Å². The molecule has 85 valence electrons. The molecule has 0 heterocycles. The van der Waals surface area contributed by atoms with Gasteiger partial charge in [-0.3, -0.25) is 0 Å². The molecule has 1 radical (unpaired) electrons. The van der Waals surface area contributed by atoms with Crippen LogP contribution in [0.5, 0.6) is 0 Å². The van der Waals surface area contributed by atoms with E-state index >= 15 is 0 Å². The van der Waals surface area contributed by atoms with Gasteiger partial charge in [-0.2, -0.15) is 17.6 Å². The fraction of sp³-hybridized carbons (Fsp3) is 0.857. The molecular formula is C7H8F7. The van der Waals surface area contributed by atoms with Crippen LogP contribution in [-0.2, 0) is 0 Å². The lowest BCUT2D eigenvalue weighted by molar-refractivity contribution is -0.220. The summed E-state index contributed by atoms with van der Waals surface area (Å²) in [5, 5.41) is 0. The minimum Gasteiger partial charge on any atom is -0.241 e. The second-order valence-corrected chi connectivity index (χ2v) is 2.71. The number of halogens is 7. The summed E-state index contributed by atoms with van der Waals surface area (Å²) in [6.07, 6.45) is -10.6. The molecule has 0 fully saturated rings. The van der Waals surface area contributed by atoms with Gasteiger partial charge in [-0.25, -0.2) is 13.2 Å². The van der Waals surface area contributed by atoms with Gasteiger partial charge in [0.2, 0.25) is 0 Å². The molecule has 0 unspecified atom stereocenters. The minimum absolute atomic E-state index is 1.48. The van der Waals surface area contributed by atoms with Crippen LogP contribution in [0, 0.1) is 6.92 Å². The van der Waals surface area contributed by atoms with Crippen molar-refractivity contribution in [2.75, 3.05) is 0 Å². The Kier molecular flexibility index (Phi) is 4.20. The first-order valence-electron chi connectivity index (χ1n) is 3.61. The Morgan fingerprint density at radius 1 is 0.929 bits per heavy atom. The zero-order valence-electron chi connectivity index (χ0n) is 6.92. The highest BCUT2D eigenvalue weighted by atomic mass is 19.3. The van der Waals surface area contributed by atoms with E-state index in [1.807, 2.05) is 0 Å². The first-order chi connectivity index (χ1) is 6.14. The monoisotopic (exact) mass is 225 g/mol.